The SMILES string of the molecule is COc1ccc(C(=O)N2CCC(Cc3noc(C4CC4)n3)CC2)c(OC)c1. The molecule has 0 bridgehead atoms. The van der Waals surface area contributed by atoms with E-state index in [1.54, 1.807) is 32.4 Å². The number of piperidine rings is 1. The van der Waals surface area contributed by atoms with Gasteiger partial charge in [0.25, 0.3) is 5.91 Å². The maximum absolute atomic E-state index is 12.9. The molecule has 1 aliphatic carbocycles. The first kappa shape index (κ1) is 17.8. The van der Waals surface area contributed by atoms with Gasteiger partial charge in [-0.1, -0.05) is 5.16 Å². The number of hydrogen-bond donors (Lipinski definition) is 0. The Balaban J connectivity index is 1.34. The van der Waals surface area contributed by atoms with Gasteiger partial charge in [0.15, 0.2) is 5.82 Å². The molecule has 0 unspecified atom stereocenters. The largest absolute Gasteiger partial charge is 0.497 e. The molecule has 27 heavy (non-hydrogen) atoms. The number of benzene rings is 1. The third kappa shape index (κ3) is 3.91. The topological polar surface area (TPSA) is 77.7 Å². The summed E-state index contributed by atoms with van der Waals surface area (Å²) in [6.07, 6.45) is 5.03. The lowest BCUT2D eigenvalue weighted by atomic mass is 9.93. The van der Waals surface area contributed by atoms with E-state index < -0.39 is 0 Å². The van der Waals surface area contributed by atoms with Crippen LogP contribution in [-0.4, -0.2) is 48.3 Å². The van der Waals surface area contributed by atoms with Gasteiger partial charge in [0.2, 0.25) is 5.89 Å². The predicted octanol–water partition coefficient (Wildman–Crippen LogP) is 3.06. The molecule has 1 aliphatic heterocycles. The molecule has 2 aliphatic rings. The molecular formula is C20H25N3O4. The average Bonchev–Trinajstić information content (AvgIpc) is 3.47. The molecule has 7 nitrogen and oxygen atoms in total. The molecule has 1 saturated carbocycles. The van der Waals surface area contributed by atoms with Crippen LogP contribution >= 0.6 is 0 Å². The van der Waals surface area contributed by atoms with Gasteiger partial charge in [0, 0.05) is 31.5 Å². The Morgan fingerprint density at radius 1 is 1.19 bits per heavy atom. The smallest absolute Gasteiger partial charge is 0.257 e. The maximum Gasteiger partial charge on any atom is 0.257 e. The zero-order valence-corrected chi connectivity index (χ0v) is 15.8. The summed E-state index contributed by atoms with van der Waals surface area (Å²) in [5.74, 6) is 3.79. The summed E-state index contributed by atoms with van der Waals surface area (Å²) in [5.41, 5.74) is 0.573. The molecule has 1 aromatic heterocycles. The number of hydrogen-bond acceptors (Lipinski definition) is 6. The quantitative estimate of drug-likeness (QED) is 0.777. The van der Waals surface area contributed by atoms with Crippen molar-refractivity contribution >= 4 is 5.91 Å². The minimum absolute atomic E-state index is 0.00327. The first-order valence-electron chi connectivity index (χ1n) is 9.51. The highest BCUT2D eigenvalue weighted by Gasteiger charge is 2.31. The van der Waals surface area contributed by atoms with Gasteiger partial charge >= 0.3 is 0 Å². The van der Waals surface area contributed by atoms with Crippen LogP contribution in [0.4, 0.5) is 0 Å². The number of aromatic nitrogens is 2. The van der Waals surface area contributed by atoms with E-state index in [2.05, 4.69) is 10.1 Å². The Kier molecular flexibility index (Phi) is 5.01. The second-order valence-corrected chi connectivity index (χ2v) is 7.33. The summed E-state index contributed by atoms with van der Waals surface area (Å²) >= 11 is 0. The molecule has 2 fully saturated rings. The molecule has 7 heteroatoms. The minimum Gasteiger partial charge on any atom is -0.497 e. The van der Waals surface area contributed by atoms with Crippen LogP contribution in [0.25, 0.3) is 0 Å². The Hall–Kier alpha value is -2.57. The van der Waals surface area contributed by atoms with Crippen LogP contribution in [0.1, 0.15) is 53.7 Å². The van der Waals surface area contributed by atoms with Gasteiger partial charge in [0.1, 0.15) is 11.5 Å². The van der Waals surface area contributed by atoms with Gasteiger partial charge in [-0.25, -0.2) is 0 Å². The second kappa shape index (κ2) is 7.58. The highest BCUT2D eigenvalue weighted by Crippen LogP contribution is 2.39. The van der Waals surface area contributed by atoms with Gasteiger partial charge < -0.3 is 18.9 Å². The number of carbonyl (C=O) groups excluding carboxylic acids is 1. The zero-order chi connectivity index (χ0) is 18.8. The maximum atomic E-state index is 12.9. The number of likely N-dealkylation sites (tertiary alicyclic amines) is 1. The number of nitrogens with zero attached hydrogens (tertiary/aromatic N) is 3. The van der Waals surface area contributed by atoms with Gasteiger partial charge in [-0.3, -0.25) is 4.79 Å². The molecule has 0 N–H and O–H groups in total. The summed E-state index contributed by atoms with van der Waals surface area (Å²) in [4.78, 5) is 19.3. The standard InChI is InChI=1S/C20H25N3O4/c1-25-15-5-6-16(17(12-15)26-2)20(24)23-9-7-13(8-10-23)11-18-21-19(27-22-18)14-3-4-14/h5-6,12-14H,3-4,7-11H2,1-2H3. The number of methoxy groups -OCH3 is 2. The number of rotatable bonds is 6. The fourth-order valence-corrected chi connectivity index (χ4v) is 3.59. The third-order valence-corrected chi connectivity index (χ3v) is 5.42. The van der Waals surface area contributed by atoms with Crippen molar-refractivity contribution in [3.8, 4) is 11.5 Å². The van der Waals surface area contributed by atoms with Crippen LogP contribution in [-0.2, 0) is 6.42 Å². The van der Waals surface area contributed by atoms with Crippen molar-refractivity contribution < 1.29 is 18.8 Å². The van der Waals surface area contributed by atoms with Gasteiger partial charge in [-0.2, -0.15) is 4.98 Å². The lowest BCUT2D eigenvalue weighted by Gasteiger charge is -2.32. The third-order valence-electron chi connectivity index (χ3n) is 5.42. The van der Waals surface area contributed by atoms with Crippen LogP contribution in [0, 0.1) is 5.92 Å². The summed E-state index contributed by atoms with van der Waals surface area (Å²) in [7, 11) is 3.16. The Bertz CT molecular complexity index is 807. The highest BCUT2D eigenvalue weighted by atomic mass is 16.5. The molecular weight excluding hydrogens is 346 g/mol. The first-order chi connectivity index (χ1) is 13.2. The van der Waals surface area contributed by atoms with Crippen molar-refractivity contribution in [2.75, 3.05) is 27.3 Å². The number of ether oxygens (including phenoxy) is 2. The lowest BCUT2D eigenvalue weighted by Crippen LogP contribution is -2.39. The Labute approximate surface area is 158 Å². The van der Waals surface area contributed by atoms with E-state index in [1.807, 2.05) is 4.90 Å². The Morgan fingerprint density at radius 2 is 1.96 bits per heavy atom. The van der Waals surface area contributed by atoms with Crippen LogP contribution in [0.5, 0.6) is 11.5 Å². The van der Waals surface area contributed by atoms with E-state index in [1.165, 1.54) is 0 Å². The molecule has 4 rings (SSSR count). The zero-order valence-electron chi connectivity index (χ0n) is 15.8. The van der Waals surface area contributed by atoms with Crippen molar-refractivity contribution in [2.45, 2.75) is 38.0 Å². The molecule has 1 saturated heterocycles. The minimum atomic E-state index is 0.00327. The summed E-state index contributed by atoms with van der Waals surface area (Å²) in [6, 6.07) is 5.30. The van der Waals surface area contributed by atoms with Crippen LogP contribution in [0.15, 0.2) is 22.7 Å². The normalized spacial score (nSPS) is 17.8. The Morgan fingerprint density at radius 3 is 2.63 bits per heavy atom. The molecule has 1 amide bonds. The monoisotopic (exact) mass is 371 g/mol. The van der Waals surface area contributed by atoms with Crippen LogP contribution in [0.3, 0.4) is 0 Å². The molecule has 0 radical (unpaired) electrons. The van der Waals surface area contributed by atoms with E-state index in [-0.39, 0.29) is 5.91 Å². The van der Waals surface area contributed by atoms with E-state index in [4.69, 9.17) is 14.0 Å². The van der Waals surface area contributed by atoms with Gasteiger partial charge in [0.05, 0.1) is 19.8 Å². The van der Waals surface area contributed by atoms with E-state index in [9.17, 15) is 4.79 Å². The average molecular weight is 371 g/mol. The van der Waals surface area contributed by atoms with E-state index >= 15 is 0 Å². The highest BCUT2D eigenvalue weighted by molar-refractivity contribution is 5.97. The predicted molar refractivity (Wildman–Crippen MR) is 98.2 cm³/mol. The van der Waals surface area contributed by atoms with Crippen molar-refractivity contribution in [2.24, 2.45) is 5.92 Å². The summed E-state index contributed by atoms with van der Waals surface area (Å²) in [6.45, 7) is 1.46. The van der Waals surface area contributed by atoms with Crippen molar-refractivity contribution in [1.82, 2.24) is 15.0 Å². The molecule has 2 heterocycles. The molecule has 0 spiro atoms. The first-order valence-corrected chi connectivity index (χ1v) is 9.51. The van der Waals surface area contributed by atoms with Crippen molar-refractivity contribution in [3.05, 3.63) is 35.5 Å². The summed E-state index contributed by atoms with van der Waals surface area (Å²) in [5, 5.41) is 4.12. The van der Waals surface area contributed by atoms with E-state index in [0.717, 1.165) is 56.9 Å². The fourth-order valence-electron chi connectivity index (χ4n) is 3.59. The lowest BCUT2D eigenvalue weighted by molar-refractivity contribution is 0.0686. The van der Waals surface area contributed by atoms with Crippen LogP contribution in [0.2, 0.25) is 0 Å². The molecule has 0 atom stereocenters. The van der Waals surface area contributed by atoms with Gasteiger partial charge in [-0.05, 0) is 43.7 Å². The van der Waals surface area contributed by atoms with Crippen LogP contribution < -0.4 is 9.47 Å². The molecule has 2 aromatic rings. The van der Waals surface area contributed by atoms with Gasteiger partial charge in [-0.15, -0.1) is 0 Å². The van der Waals surface area contributed by atoms with Crippen molar-refractivity contribution in [3.63, 3.8) is 0 Å². The fraction of sp³-hybridized carbons (Fsp3) is 0.550. The van der Waals surface area contributed by atoms with E-state index in [0.29, 0.717) is 28.9 Å². The van der Waals surface area contributed by atoms with Crippen molar-refractivity contribution in [1.29, 1.82) is 0 Å². The molecule has 144 valence electrons. The summed E-state index contributed by atoms with van der Waals surface area (Å²) < 4.78 is 15.9. The second-order valence-electron chi connectivity index (χ2n) is 7.33. The molecule has 1 aromatic carbocycles. The number of amides is 1. The number of carbonyl (C=O) groups is 1.